The Bertz CT molecular complexity index is 655. The van der Waals surface area contributed by atoms with Gasteiger partial charge in [0.1, 0.15) is 24.4 Å². The van der Waals surface area contributed by atoms with Crippen LogP contribution < -0.4 is 15.4 Å². The van der Waals surface area contributed by atoms with Gasteiger partial charge in [0, 0.05) is 13.3 Å². The van der Waals surface area contributed by atoms with Crippen LogP contribution in [0.4, 0.5) is 0 Å². The first kappa shape index (κ1) is 22.2. The zero-order chi connectivity index (χ0) is 20.4. The van der Waals surface area contributed by atoms with Crippen molar-refractivity contribution in [3.63, 3.8) is 0 Å². The molecule has 0 radical (unpaired) electrons. The largest absolute Gasteiger partial charge is 0.490 e. The highest BCUT2D eigenvalue weighted by Gasteiger charge is 2.26. The van der Waals surface area contributed by atoms with Crippen molar-refractivity contribution in [1.29, 1.82) is 0 Å². The first-order chi connectivity index (χ1) is 12.7. The molecular weight excluding hydrogens is 348 g/mol. The van der Waals surface area contributed by atoms with Gasteiger partial charge in [0.05, 0.1) is 0 Å². The van der Waals surface area contributed by atoms with Crippen LogP contribution in [-0.4, -0.2) is 41.6 Å². The van der Waals surface area contributed by atoms with Gasteiger partial charge in [-0.3, -0.25) is 9.59 Å². The number of ether oxygens (including phenoxy) is 1. The first-order valence-electron chi connectivity index (χ1n) is 8.85. The van der Waals surface area contributed by atoms with Crippen LogP contribution in [0, 0.1) is 5.92 Å². The number of hydrogen-bond donors (Lipinski definition) is 3. The van der Waals surface area contributed by atoms with Crippen LogP contribution in [0.1, 0.15) is 32.8 Å². The summed E-state index contributed by atoms with van der Waals surface area (Å²) in [5.74, 6) is -1.21. The standard InChI is InChI=1S/C20H28N2O5/c1-5-10-27-16-8-6-15(7-9-16)12-17(21-14(4)23)19(24)22-18(20(25)26)11-13(2)3/h5-9,13,17-18H,1,10-12H2,2-4H3,(H,21,23)(H,22,24)(H,25,26). The van der Waals surface area contributed by atoms with E-state index in [4.69, 9.17) is 4.74 Å². The SMILES string of the molecule is C=CCOc1ccc(CC(NC(C)=O)C(=O)NC(CC(C)C)C(=O)O)cc1. The Morgan fingerprint density at radius 3 is 2.26 bits per heavy atom. The molecule has 0 fully saturated rings. The summed E-state index contributed by atoms with van der Waals surface area (Å²) in [6.45, 7) is 9.04. The lowest BCUT2D eigenvalue weighted by atomic mass is 10.0. The van der Waals surface area contributed by atoms with Crippen LogP contribution >= 0.6 is 0 Å². The molecule has 0 bridgehead atoms. The van der Waals surface area contributed by atoms with Gasteiger partial charge < -0.3 is 20.5 Å². The van der Waals surface area contributed by atoms with Gasteiger partial charge in [0.2, 0.25) is 11.8 Å². The Balaban J connectivity index is 2.84. The molecule has 3 N–H and O–H groups in total. The predicted octanol–water partition coefficient (Wildman–Crippen LogP) is 1.91. The number of carbonyl (C=O) groups is 3. The molecule has 27 heavy (non-hydrogen) atoms. The zero-order valence-corrected chi connectivity index (χ0v) is 16.0. The molecule has 0 heterocycles. The monoisotopic (exact) mass is 376 g/mol. The first-order valence-corrected chi connectivity index (χ1v) is 8.85. The van der Waals surface area contributed by atoms with Crippen molar-refractivity contribution in [2.24, 2.45) is 5.92 Å². The van der Waals surface area contributed by atoms with Crippen LogP contribution in [0.3, 0.4) is 0 Å². The number of amides is 2. The van der Waals surface area contributed by atoms with E-state index in [0.29, 0.717) is 18.8 Å². The average Bonchev–Trinajstić information content (AvgIpc) is 2.59. The molecule has 7 heteroatoms. The average molecular weight is 376 g/mol. The molecule has 0 spiro atoms. The van der Waals surface area contributed by atoms with Gasteiger partial charge in [-0.05, 0) is 30.0 Å². The van der Waals surface area contributed by atoms with Crippen LogP contribution in [0.15, 0.2) is 36.9 Å². The molecule has 0 aliphatic carbocycles. The topological polar surface area (TPSA) is 105 Å². The second-order valence-corrected chi connectivity index (χ2v) is 6.73. The zero-order valence-electron chi connectivity index (χ0n) is 16.0. The molecule has 2 atom stereocenters. The third-order valence-electron chi connectivity index (χ3n) is 3.75. The van der Waals surface area contributed by atoms with Gasteiger partial charge in [-0.15, -0.1) is 0 Å². The minimum Gasteiger partial charge on any atom is -0.490 e. The Kier molecular flexibility index (Phi) is 9.05. The van der Waals surface area contributed by atoms with Crippen LogP contribution in [-0.2, 0) is 20.8 Å². The summed E-state index contributed by atoms with van der Waals surface area (Å²) in [7, 11) is 0. The van der Waals surface area contributed by atoms with Crippen LogP contribution in [0.5, 0.6) is 5.75 Å². The minimum atomic E-state index is -1.10. The van der Waals surface area contributed by atoms with E-state index >= 15 is 0 Å². The highest BCUT2D eigenvalue weighted by molar-refractivity contribution is 5.90. The van der Waals surface area contributed by atoms with Crippen molar-refractivity contribution < 1.29 is 24.2 Å². The number of aliphatic carboxylic acids is 1. The van der Waals surface area contributed by atoms with E-state index in [-0.39, 0.29) is 18.2 Å². The fraction of sp³-hybridized carbons (Fsp3) is 0.450. The van der Waals surface area contributed by atoms with E-state index < -0.39 is 24.0 Å². The van der Waals surface area contributed by atoms with Gasteiger partial charge in [0.15, 0.2) is 0 Å². The van der Waals surface area contributed by atoms with Crippen molar-refractivity contribution in [1.82, 2.24) is 10.6 Å². The molecule has 0 aromatic heterocycles. The number of hydrogen-bond acceptors (Lipinski definition) is 4. The lowest BCUT2D eigenvalue weighted by molar-refractivity contribution is -0.142. The molecular formula is C20H28N2O5. The van der Waals surface area contributed by atoms with Crippen molar-refractivity contribution in [3.8, 4) is 5.75 Å². The fourth-order valence-corrected chi connectivity index (χ4v) is 2.53. The van der Waals surface area contributed by atoms with Crippen molar-refractivity contribution in [2.45, 2.75) is 45.7 Å². The van der Waals surface area contributed by atoms with E-state index in [1.165, 1.54) is 6.92 Å². The van der Waals surface area contributed by atoms with E-state index in [1.807, 2.05) is 13.8 Å². The lowest BCUT2D eigenvalue weighted by Crippen LogP contribution is -2.52. The predicted molar refractivity (Wildman–Crippen MR) is 102 cm³/mol. The third-order valence-corrected chi connectivity index (χ3v) is 3.75. The summed E-state index contributed by atoms with van der Waals surface area (Å²) in [5, 5.41) is 14.4. The van der Waals surface area contributed by atoms with Gasteiger partial charge in [-0.1, -0.05) is 38.6 Å². The van der Waals surface area contributed by atoms with E-state index in [0.717, 1.165) is 5.56 Å². The second kappa shape index (κ2) is 11.0. The molecule has 7 nitrogen and oxygen atoms in total. The second-order valence-electron chi connectivity index (χ2n) is 6.73. The maximum atomic E-state index is 12.6. The number of carbonyl (C=O) groups excluding carboxylic acids is 2. The maximum absolute atomic E-state index is 12.6. The molecule has 1 aromatic rings. The van der Waals surface area contributed by atoms with Gasteiger partial charge in [-0.25, -0.2) is 4.79 Å². The Labute approximate surface area is 159 Å². The number of benzene rings is 1. The third kappa shape index (κ3) is 8.40. The molecule has 2 unspecified atom stereocenters. The number of rotatable bonds is 11. The molecule has 0 aliphatic rings. The Morgan fingerprint density at radius 2 is 1.78 bits per heavy atom. The Hall–Kier alpha value is -2.83. The van der Waals surface area contributed by atoms with Crippen LogP contribution in [0.25, 0.3) is 0 Å². The lowest BCUT2D eigenvalue weighted by Gasteiger charge is -2.22. The van der Waals surface area contributed by atoms with Crippen molar-refractivity contribution >= 4 is 17.8 Å². The summed E-state index contributed by atoms with van der Waals surface area (Å²) in [6.07, 6.45) is 2.19. The van der Waals surface area contributed by atoms with Gasteiger partial charge in [0.25, 0.3) is 0 Å². The van der Waals surface area contributed by atoms with E-state index in [2.05, 4.69) is 17.2 Å². The smallest absolute Gasteiger partial charge is 0.326 e. The summed E-state index contributed by atoms with van der Waals surface area (Å²) in [5.41, 5.74) is 0.811. The number of nitrogens with one attached hydrogen (secondary N) is 2. The summed E-state index contributed by atoms with van der Waals surface area (Å²) in [4.78, 5) is 35.4. The number of carboxylic acids is 1. The molecule has 1 rings (SSSR count). The van der Waals surface area contributed by atoms with E-state index in [9.17, 15) is 19.5 Å². The van der Waals surface area contributed by atoms with Gasteiger partial charge >= 0.3 is 5.97 Å². The van der Waals surface area contributed by atoms with Gasteiger partial charge in [-0.2, -0.15) is 0 Å². The molecule has 1 aromatic carbocycles. The highest BCUT2D eigenvalue weighted by Crippen LogP contribution is 2.14. The molecule has 0 aliphatic heterocycles. The summed E-state index contributed by atoms with van der Waals surface area (Å²) >= 11 is 0. The minimum absolute atomic E-state index is 0.105. The molecule has 0 saturated heterocycles. The molecule has 148 valence electrons. The molecule has 2 amide bonds. The fourth-order valence-electron chi connectivity index (χ4n) is 2.53. The van der Waals surface area contributed by atoms with Crippen molar-refractivity contribution in [3.05, 3.63) is 42.5 Å². The van der Waals surface area contributed by atoms with E-state index in [1.54, 1.807) is 30.3 Å². The Morgan fingerprint density at radius 1 is 1.15 bits per heavy atom. The number of carboxylic acid groups (broad SMARTS) is 1. The normalized spacial score (nSPS) is 12.7. The molecule has 0 saturated carbocycles. The quantitative estimate of drug-likeness (QED) is 0.512. The maximum Gasteiger partial charge on any atom is 0.326 e. The van der Waals surface area contributed by atoms with Crippen molar-refractivity contribution in [2.75, 3.05) is 6.61 Å². The summed E-state index contributed by atoms with van der Waals surface area (Å²) in [6, 6.07) is 5.26. The highest BCUT2D eigenvalue weighted by atomic mass is 16.5. The van der Waals surface area contributed by atoms with Crippen LogP contribution in [0.2, 0.25) is 0 Å². The summed E-state index contributed by atoms with van der Waals surface area (Å²) < 4.78 is 5.41.